The maximum atomic E-state index is 12.0. The number of piperidine rings is 1. The van der Waals surface area contributed by atoms with Crippen LogP contribution in [0.5, 0.6) is 0 Å². The normalized spacial score (nSPS) is 16.9. The summed E-state index contributed by atoms with van der Waals surface area (Å²) < 4.78 is 5.41. The Labute approximate surface area is 145 Å². The van der Waals surface area contributed by atoms with Gasteiger partial charge in [0.1, 0.15) is 5.60 Å². The van der Waals surface area contributed by atoms with Crippen molar-refractivity contribution in [1.82, 2.24) is 19.8 Å². The third-order valence-corrected chi connectivity index (χ3v) is 4.16. The van der Waals surface area contributed by atoms with Gasteiger partial charge in [-0.15, -0.1) is 0 Å². The van der Waals surface area contributed by atoms with Gasteiger partial charge in [-0.1, -0.05) is 0 Å². The average Bonchev–Trinajstić information content (AvgIpc) is 2.50. The fourth-order valence-corrected chi connectivity index (χ4v) is 2.86. The van der Waals surface area contributed by atoms with E-state index in [0.29, 0.717) is 5.92 Å². The zero-order valence-corrected chi connectivity index (χ0v) is 15.6. The minimum Gasteiger partial charge on any atom is -0.444 e. The molecule has 1 aliphatic heterocycles. The summed E-state index contributed by atoms with van der Waals surface area (Å²) in [4.78, 5) is 24.9. The highest BCUT2D eigenvalue weighted by Crippen LogP contribution is 2.20. The highest BCUT2D eigenvalue weighted by Gasteiger charge is 2.25. The van der Waals surface area contributed by atoms with E-state index in [1.807, 2.05) is 47.1 Å². The molecule has 6 nitrogen and oxygen atoms in total. The predicted molar refractivity (Wildman–Crippen MR) is 93.6 cm³/mol. The Kier molecular flexibility index (Phi) is 6.15. The molecule has 0 aliphatic carbocycles. The standard InChI is InChI=1S/C18H30N4O2/c1-14-10-20-16(11-19-14)13-22-8-6-15(7-9-22)12-21(5)17(23)24-18(2,3)4/h10-11,15H,6-9,12-13H2,1-5H3. The van der Waals surface area contributed by atoms with Crippen molar-refractivity contribution in [2.75, 3.05) is 26.7 Å². The predicted octanol–water partition coefficient (Wildman–Crippen LogP) is 2.86. The van der Waals surface area contributed by atoms with E-state index in [1.54, 1.807) is 4.90 Å². The van der Waals surface area contributed by atoms with Gasteiger partial charge in [0.05, 0.1) is 11.4 Å². The number of carbonyl (C=O) groups is 1. The van der Waals surface area contributed by atoms with Gasteiger partial charge >= 0.3 is 6.09 Å². The van der Waals surface area contributed by atoms with Crippen molar-refractivity contribution in [3.05, 3.63) is 23.8 Å². The van der Waals surface area contributed by atoms with Crippen LogP contribution in [0.3, 0.4) is 0 Å². The van der Waals surface area contributed by atoms with Crippen molar-refractivity contribution in [1.29, 1.82) is 0 Å². The molecule has 1 aromatic heterocycles. The highest BCUT2D eigenvalue weighted by molar-refractivity contribution is 5.67. The molecule has 1 aromatic rings. The Hall–Kier alpha value is -1.69. The van der Waals surface area contributed by atoms with Crippen molar-refractivity contribution in [2.24, 2.45) is 5.92 Å². The molecule has 24 heavy (non-hydrogen) atoms. The summed E-state index contributed by atoms with van der Waals surface area (Å²) in [5.41, 5.74) is 1.52. The molecule has 0 spiro atoms. The first-order valence-corrected chi connectivity index (χ1v) is 8.67. The Morgan fingerprint density at radius 3 is 2.50 bits per heavy atom. The molecule has 6 heteroatoms. The van der Waals surface area contributed by atoms with Crippen LogP contribution in [0.4, 0.5) is 4.79 Å². The number of amides is 1. The van der Waals surface area contributed by atoms with Crippen molar-refractivity contribution in [3.63, 3.8) is 0 Å². The number of carbonyl (C=O) groups excluding carboxylic acids is 1. The zero-order chi connectivity index (χ0) is 17.7. The van der Waals surface area contributed by atoms with Crippen LogP contribution in [0.25, 0.3) is 0 Å². The van der Waals surface area contributed by atoms with E-state index in [2.05, 4.69) is 14.9 Å². The number of nitrogens with zero attached hydrogens (tertiary/aromatic N) is 4. The van der Waals surface area contributed by atoms with Gasteiger partial charge in [0.15, 0.2) is 0 Å². The number of rotatable bonds is 4. The van der Waals surface area contributed by atoms with Gasteiger partial charge in [-0.05, 0) is 59.5 Å². The number of aromatic nitrogens is 2. The molecule has 134 valence electrons. The van der Waals surface area contributed by atoms with Gasteiger partial charge in [-0.2, -0.15) is 0 Å². The van der Waals surface area contributed by atoms with E-state index in [-0.39, 0.29) is 6.09 Å². The minimum atomic E-state index is -0.441. The molecule has 2 heterocycles. The Morgan fingerprint density at radius 2 is 1.96 bits per heavy atom. The average molecular weight is 334 g/mol. The van der Waals surface area contributed by atoms with Gasteiger partial charge in [-0.25, -0.2) is 4.79 Å². The largest absolute Gasteiger partial charge is 0.444 e. The van der Waals surface area contributed by atoms with E-state index in [9.17, 15) is 4.79 Å². The second kappa shape index (κ2) is 7.92. The monoisotopic (exact) mass is 334 g/mol. The first-order chi connectivity index (χ1) is 11.2. The summed E-state index contributed by atoms with van der Waals surface area (Å²) in [5, 5.41) is 0. The second-order valence-electron chi connectivity index (χ2n) is 7.73. The molecule has 1 amide bonds. The maximum Gasteiger partial charge on any atom is 0.410 e. The molecule has 0 unspecified atom stereocenters. The molecule has 0 radical (unpaired) electrons. The Morgan fingerprint density at radius 1 is 1.29 bits per heavy atom. The van der Waals surface area contributed by atoms with Crippen molar-refractivity contribution in [3.8, 4) is 0 Å². The fraction of sp³-hybridized carbons (Fsp3) is 0.722. The lowest BCUT2D eigenvalue weighted by molar-refractivity contribution is 0.0248. The van der Waals surface area contributed by atoms with Crippen molar-refractivity contribution >= 4 is 6.09 Å². The van der Waals surface area contributed by atoms with Crippen LogP contribution in [-0.4, -0.2) is 58.1 Å². The lowest BCUT2D eigenvalue weighted by Crippen LogP contribution is -2.41. The van der Waals surface area contributed by atoms with Crippen LogP contribution in [0, 0.1) is 12.8 Å². The summed E-state index contributed by atoms with van der Waals surface area (Å²) in [6.07, 6.45) is 5.62. The molecule has 1 saturated heterocycles. The number of ether oxygens (including phenoxy) is 1. The Bertz CT molecular complexity index is 531. The minimum absolute atomic E-state index is 0.236. The zero-order valence-electron chi connectivity index (χ0n) is 15.6. The SMILES string of the molecule is Cc1cnc(CN2CCC(CN(C)C(=O)OC(C)(C)C)CC2)cn1. The van der Waals surface area contributed by atoms with E-state index < -0.39 is 5.60 Å². The lowest BCUT2D eigenvalue weighted by Gasteiger charge is -2.34. The van der Waals surface area contributed by atoms with E-state index in [1.165, 1.54) is 0 Å². The van der Waals surface area contributed by atoms with Gasteiger partial charge in [-0.3, -0.25) is 14.9 Å². The molecule has 0 N–H and O–H groups in total. The van der Waals surface area contributed by atoms with Crippen LogP contribution in [0.1, 0.15) is 45.0 Å². The van der Waals surface area contributed by atoms with E-state index in [0.717, 1.165) is 50.4 Å². The molecule has 1 fully saturated rings. The molecule has 0 bridgehead atoms. The Balaban J connectivity index is 1.74. The fourth-order valence-electron chi connectivity index (χ4n) is 2.86. The van der Waals surface area contributed by atoms with Crippen LogP contribution in [0.15, 0.2) is 12.4 Å². The first kappa shape index (κ1) is 18.6. The maximum absolute atomic E-state index is 12.0. The molecular formula is C18H30N4O2. The molecule has 2 rings (SSSR count). The number of hydrogen-bond donors (Lipinski definition) is 0. The summed E-state index contributed by atoms with van der Waals surface area (Å²) in [6, 6.07) is 0. The third-order valence-electron chi connectivity index (χ3n) is 4.16. The van der Waals surface area contributed by atoms with Gasteiger partial charge in [0, 0.05) is 32.5 Å². The van der Waals surface area contributed by atoms with E-state index >= 15 is 0 Å². The summed E-state index contributed by atoms with van der Waals surface area (Å²) in [6.45, 7) is 11.3. The molecule has 1 aliphatic rings. The van der Waals surface area contributed by atoms with Gasteiger partial charge < -0.3 is 9.64 Å². The quantitative estimate of drug-likeness (QED) is 0.847. The van der Waals surface area contributed by atoms with Crippen LogP contribution >= 0.6 is 0 Å². The molecule has 0 atom stereocenters. The molecule has 0 saturated carbocycles. The molecular weight excluding hydrogens is 304 g/mol. The first-order valence-electron chi connectivity index (χ1n) is 8.67. The second-order valence-corrected chi connectivity index (χ2v) is 7.73. The van der Waals surface area contributed by atoms with Crippen LogP contribution in [-0.2, 0) is 11.3 Å². The van der Waals surface area contributed by atoms with Gasteiger partial charge in [0.2, 0.25) is 0 Å². The number of aryl methyl sites for hydroxylation is 1. The molecule has 0 aromatic carbocycles. The summed E-state index contributed by atoms with van der Waals surface area (Å²) in [5.74, 6) is 0.530. The smallest absolute Gasteiger partial charge is 0.410 e. The lowest BCUT2D eigenvalue weighted by atomic mass is 9.96. The van der Waals surface area contributed by atoms with Crippen molar-refractivity contribution < 1.29 is 9.53 Å². The van der Waals surface area contributed by atoms with Gasteiger partial charge in [0.25, 0.3) is 0 Å². The van der Waals surface area contributed by atoms with Crippen LogP contribution < -0.4 is 0 Å². The number of hydrogen-bond acceptors (Lipinski definition) is 5. The van der Waals surface area contributed by atoms with E-state index in [4.69, 9.17) is 4.74 Å². The number of likely N-dealkylation sites (tertiary alicyclic amines) is 1. The van der Waals surface area contributed by atoms with Crippen LogP contribution in [0.2, 0.25) is 0 Å². The topological polar surface area (TPSA) is 58.6 Å². The summed E-state index contributed by atoms with van der Waals surface area (Å²) in [7, 11) is 1.82. The van der Waals surface area contributed by atoms with Crippen molar-refractivity contribution in [2.45, 2.75) is 52.7 Å². The highest BCUT2D eigenvalue weighted by atomic mass is 16.6. The summed E-state index contributed by atoms with van der Waals surface area (Å²) >= 11 is 0. The third kappa shape index (κ3) is 6.07.